The van der Waals surface area contributed by atoms with E-state index in [0.717, 1.165) is 16.9 Å². The number of rotatable bonds is 7. The van der Waals surface area contributed by atoms with E-state index in [9.17, 15) is 4.39 Å². The number of halogens is 1. The SMILES string of the molecule is CCOc1ccc(F)cc1C(CN)Cc1cccc(OC)c1. The Morgan fingerprint density at radius 2 is 2.00 bits per heavy atom. The van der Waals surface area contributed by atoms with Crippen molar-refractivity contribution in [3.63, 3.8) is 0 Å². The first-order chi connectivity index (χ1) is 10.7. The number of ether oxygens (including phenoxy) is 2. The number of nitrogens with two attached hydrogens (primary N) is 1. The van der Waals surface area contributed by atoms with Crippen LogP contribution in [0.2, 0.25) is 0 Å². The van der Waals surface area contributed by atoms with Gasteiger partial charge in [0, 0.05) is 11.5 Å². The summed E-state index contributed by atoms with van der Waals surface area (Å²) in [5, 5.41) is 0. The second-order valence-corrected chi connectivity index (χ2v) is 5.10. The molecule has 0 aliphatic carbocycles. The van der Waals surface area contributed by atoms with E-state index in [1.54, 1.807) is 13.2 Å². The highest BCUT2D eigenvalue weighted by Gasteiger charge is 2.17. The van der Waals surface area contributed by atoms with Crippen molar-refractivity contribution in [2.45, 2.75) is 19.3 Å². The van der Waals surface area contributed by atoms with E-state index in [4.69, 9.17) is 15.2 Å². The molecule has 22 heavy (non-hydrogen) atoms. The Morgan fingerprint density at radius 3 is 2.68 bits per heavy atom. The van der Waals surface area contributed by atoms with Crippen LogP contribution in [0, 0.1) is 5.82 Å². The average molecular weight is 303 g/mol. The molecule has 0 bridgehead atoms. The molecular formula is C18H22FNO2. The van der Waals surface area contributed by atoms with Gasteiger partial charge >= 0.3 is 0 Å². The predicted molar refractivity (Wildman–Crippen MR) is 86.1 cm³/mol. The molecule has 2 aromatic rings. The molecule has 0 saturated carbocycles. The first kappa shape index (κ1) is 16.3. The van der Waals surface area contributed by atoms with Crippen LogP contribution in [-0.2, 0) is 6.42 Å². The van der Waals surface area contributed by atoms with Gasteiger partial charge in [0.25, 0.3) is 0 Å². The first-order valence-corrected chi connectivity index (χ1v) is 7.43. The fourth-order valence-corrected chi connectivity index (χ4v) is 2.53. The summed E-state index contributed by atoms with van der Waals surface area (Å²) in [6, 6.07) is 12.4. The molecule has 0 amide bonds. The normalized spacial score (nSPS) is 12.0. The van der Waals surface area contributed by atoms with Crippen LogP contribution in [0.25, 0.3) is 0 Å². The zero-order chi connectivity index (χ0) is 15.9. The monoisotopic (exact) mass is 303 g/mol. The maximum absolute atomic E-state index is 13.6. The molecule has 1 atom stereocenters. The molecule has 0 heterocycles. The van der Waals surface area contributed by atoms with Crippen molar-refractivity contribution < 1.29 is 13.9 Å². The van der Waals surface area contributed by atoms with Crippen LogP contribution in [0.4, 0.5) is 4.39 Å². The van der Waals surface area contributed by atoms with Crippen LogP contribution in [0.3, 0.4) is 0 Å². The van der Waals surface area contributed by atoms with Gasteiger partial charge in [-0.3, -0.25) is 0 Å². The Balaban J connectivity index is 2.29. The molecule has 1 unspecified atom stereocenters. The van der Waals surface area contributed by atoms with E-state index in [1.807, 2.05) is 31.2 Å². The Hall–Kier alpha value is -2.07. The van der Waals surface area contributed by atoms with Gasteiger partial charge in [-0.05, 0) is 55.8 Å². The fraction of sp³-hybridized carbons (Fsp3) is 0.333. The lowest BCUT2D eigenvalue weighted by molar-refractivity contribution is 0.333. The van der Waals surface area contributed by atoms with E-state index in [1.165, 1.54) is 12.1 Å². The summed E-state index contributed by atoms with van der Waals surface area (Å²) in [4.78, 5) is 0. The summed E-state index contributed by atoms with van der Waals surface area (Å²) in [6.07, 6.45) is 0.706. The topological polar surface area (TPSA) is 44.5 Å². The minimum atomic E-state index is -0.275. The maximum atomic E-state index is 13.6. The Morgan fingerprint density at radius 1 is 1.18 bits per heavy atom. The van der Waals surface area contributed by atoms with Crippen molar-refractivity contribution in [1.82, 2.24) is 0 Å². The molecule has 0 aliphatic heterocycles. The number of benzene rings is 2. The lowest BCUT2D eigenvalue weighted by Crippen LogP contribution is -2.16. The molecule has 2 aromatic carbocycles. The van der Waals surface area contributed by atoms with Crippen LogP contribution in [0.15, 0.2) is 42.5 Å². The molecule has 2 N–H and O–H groups in total. The third-order valence-corrected chi connectivity index (χ3v) is 3.61. The molecule has 0 spiro atoms. The van der Waals surface area contributed by atoms with E-state index in [0.29, 0.717) is 25.3 Å². The van der Waals surface area contributed by atoms with Crippen molar-refractivity contribution in [1.29, 1.82) is 0 Å². The van der Waals surface area contributed by atoms with Gasteiger partial charge in [-0.1, -0.05) is 12.1 Å². The molecular weight excluding hydrogens is 281 g/mol. The summed E-state index contributed by atoms with van der Waals surface area (Å²) in [6.45, 7) is 2.86. The highest BCUT2D eigenvalue weighted by Crippen LogP contribution is 2.30. The van der Waals surface area contributed by atoms with Crippen LogP contribution in [0.5, 0.6) is 11.5 Å². The molecule has 4 heteroatoms. The van der Waals surface area contributed by atoms with Crippen LogP contribution >= 0.6 is 0 Å². The zero-order valence-electron chi connectivity index (χ0n) is 13.0. The highest BCUT2D eigenvalue weighted by atomic mass is 19.1. The van der Waals surface area contributed by atoms with E-state index in [-0.39, 0.29) is 11.7 Å². The average Bonchev–Trinajstić information content (AvgIpc) is 2.55. The molecule has 3 nitrogen and oxygen atoms in total. The molecule has 0 saturated heterocycles. The van der Waals surface area contributed by atoms with Gasteiger partial charge in [-0.15, -0.1) is 0 Å². The number of methoxy groups -OCH3 is 1. The molecule has 0 radical (unpaired) electrons. The van der Waals surface area contributed by atoms with Crippen LogP contribution in [0.1, 0.15) is 24.0 Å². The van der Waals surface area contributed by atoms with Gasteiger partial charge < -0.3 is 15.2 Å². The fourth-order valence-electron chi connectivity index (χ4n) is 2.53. The van der Waals surface area contributed by atoms with Gasteiger partial charge in [-0.2, -0.15) is 0 Å². The summed E-state index contributed by atoms with van der Waals surface area (Å²) >= 11 is 0. The minimum Gasteiger partial charge on any atom is -0.497 e. The maximum Gasteiger partial charge on any atom is 0.123 e. The van der Waals surface area contributed by atoms with Crippen molar-refractivity contribution in [3.8, 4) is 11.5 Å². The molecule has 0 aromatic heterocycles. The Kier molecular flexibility index (Phi) is 5.78. The van der Waals surface area contributed by atoms with E-state index >= 15 is 0 Å². The first-order valence-electron chi connectivity index (χ1n) is 7.43. The summed E-state index contributed by atoms with van der Waals surface area (Å²) in [7, 11) is 1.64. The zero-order valence-corrected chi connectivity index (χ0v) is 13.0. The Labute approximate surface area is 130 Å². The highest BCUT2D eigenvalue weighted by molar-refractivity contribution is 5.39. The van der Waals surface area contributed by atoms with Gasteiger partial charge in [0.2, 0.25) is 0 Å². The van der Waals surface area contributed by atoms with Gasteiger partial charge in [0.05, 0.1) is 13.7 Å². The van der Waals surface area contributed by atoms with Crippen molar-refractivity contribution in [2.75, 3.05) is 20.3 Å². The van der Waals surface area contributed by atoms with Crippen LogP contribution < -0.4 is 15.2 Å². The minimum absolute atomic E-state index is 0.00986. The van der Waals surface area contributed by atoms with Gasteiger partial charge in [-0.25, -0.2) is 4.39 Å². The number of hydrogen-bond donors (Lipinski definition) is 1. The molecule has 118 valence electrons. The van der Waals surface area contributed by atoms with Crippen molar-refractivity contribution in [2.24, 2.45) is 5.73 Å². The molecule has 0 fully saturated rings. The van der Waals surface area contributed by atoms with Crippen molar-refractivity contribution in [3.05, 3.63) is 59.4 Å². The van der Waals surface area contributed by atoms with E-state index in [2.05, 4.69) is 0 Å². The second kappa shape index (κ2) is 7.80. The largest absolute Gasteiger partial charge is 0.497 e. The summed E-state index contributed by atoms with van der Waals surface area (Å²) < 4.78 is 24.5. The smallest absolute Gasteiger partial charge is 0.123 e. The molecule has 2 rings (SSSR count). The predicted octanol–water partition coefficient (Wildman–Crippen LogP) is 3.52. The lowest BCUT2D eigenvalue weighted by Gasteiger charge is -2.19. The van der Waals surface area contributed by atoms with Crippen LogP contribution in [-0.4, -0.2) is 20.3 Å². The number of hydrogen-bond acceptors (Lipinski definition) is 3. The standard InChI is InChI=1S/C18H22FNO2/c1-3-22-18-8-7-15(19)11-17(18)14(12-20)9-13-5-4-6-16(10-13)21-2/h4-8,10-11,14H,3,9,12,20H2,1-2H3. The van der Waals surface area contributed by atoms with Crippen molar-refractivity contribution >= 4 is 0 Å². The third kappa shape index (κ3) is 3.98. The summed E-state index contributed by atoms with van der Waals surface area (Å²) in [5.74, 6) is 1.21. The lowest BCUT2D eigenvalue weighted by atomic mass is 9.91. The third-order valence-electron chi connectivity index (χ3n) is 3.61. The van der Waals surface area contributed by atoms with Gasteiger partial charge in [0.1, 0.15) is 17.3 Å². The Bertz CT molecular complexity index is 616. The van der Waals surface area contributed by atoms with E-state index < -0.39 is 0 Å². The molecule has 0 aliphatic rings. The quantitative estimate of drug-likeness (QED) is 0.851. The summed E-state index contributed by atoms with van der Waals surface area (Å²) in [5.41, 5.74) is 7.84. The van der Waals surface area contributed by atoms with Gasteiger partial charge in [0.15, 0.2) is 0 Å². The second-order valence-electron chi connectivity index (χ2n) is 5.10.